The van der Waals surface area contributed by atoms with Gasteiger partial charge in [0, 0.05) is 23.6 Å². The van der Waals surface area contributed by atoms with Crippen LogP contribution in [0.1, 0.15) is 40.3 Å². The molecule has 10 heteroatoms. The molecule has 0 aliphatic carbocycles. The number of halogens is 4. The summed E-state index contributed by atoms with van der Waals surface area (Å²) in [6.45, 7) is -3.06. The van der Waals surface area contributed by atoms with Crippen LogP contribution in [0.4, 0.5) is 13.2 Å². The standard InChI is InChI=1S/C18H12ClF3N4O2/c19-8-4-11-10(5-9(8)20)24-16-13-6-12(25(11)16)15-7(17(27)26(13)23)2-1-3-14(15)28-18(21)22/h1-5,12-13,18H,6,23H2/t12-,13?/m0/s1. The van der Waals surface area contributed by atoms with Crippen molar-refractivity contribution in [3.05, 3.63) is 58.1 Å². The first-order chi connectivity index (χ1) is 13.4. The molecule has 0 fully saturated rings. The lowest BCUT2D eigenvalue weighted by Crippen LogP contribution is -2.40. The summed E-state index contributed by atoms with van der Waals surface area (Å²) in [5, 5.41) is 0.945. The molecule has 2 aliphatic rings. The lowest BCUT2D eigenvalue weighted by Gasteiger charge is -2.24. The number of benzene rings is 2. The Hall–Kier alpha value is -2.78. The maximum atomic E-state index is 13.9. The number of imidazole rings is 1. The van der Waals surface area contributed by atoms with Gasteiger partial charge < -0.3 is 9.30 Å². The number of hydrogen-bond acceptors (Lipinski definition) is 4. The Labute approximate surface area is 161 Å². The third-order valence-corrected chi connectivity index (χ3v) is 5.52. The van der Waals surface area contributed by atoms with E-state index in [1.165, 1.54) is 30.3 Å². The summed E-state index contributed by atoms with van der Waals surface area (Å²) in [6.07, 6.45) is 0.326. The van der Waals surface area contributed by atoms with Crippen molar-refractivity contribution in [1.29, 1.82) is 0 Å². The molecule has 1 amide bonds. The third-order valence-electron chi connectivity index (χ3n) is 5.23. The predicted octanol–water partition coefficient (Wildman–Crippen LogP) is 3.79. The minimum absolute atomic E-state index is 0.0903. The molecule has 28 heavy (non-hydrogen) atoms. The largest absolute Gasteiger partial charge is 0.434 e. The molecule has 2 aliphatic heterocycles. The molecular formula is C18H12ClF3N4O2. The minimum atomic E-state index is -3.06. The number of amides is 1. The summed E-state index contributed by atoms with van der Waals surface area (Å²) >= 11 is 5.94. The molecule has 2 aromatic carbocycles. The first kappa shape index (κ1) is 17.3. The monoisotopic (exact) mass is 408 g/mol. The molecule has 6 nitrogen and oxygen atoms in total. The molecule has 0 saturated heterocycles. The SMILES string of the molecule is NN1C(=O)c2cccc(OC(F)F)c2[C@@H]2CC1c1nc3cc(F)c(Cl)cc3n12. The van der Waals surface area contributed by atoms with E-state index in [4.69, 9.17) is 17.4 Å². The molecule has 3 heterocycles. The van der Waals surface area contributed by atoms with Crippen LogP contribution < -0.4 is 10.6 Å². The lowest BCUT2D eigenvalue weighted by atomic mass is 9.97. The Kier molecular flexibility index (Phi) is 3.62. The van der Waals surface area contributed by atoms with Gasteiger partial charge in [-0.15, -0.1) is 0 Å². The second kappa shape index (κ2) is 5.86. The third kappa shape index (κ3) is 2.26. The second-order valence-corrected chi connectivity index (χ2v) is 7.08. The van der Waals surface area contributed by atoms with Crippen LogP contribution >= 0.6 is 11.6 Å². The van der Waals surface area contributed by atoms with E-state index in [9.17, 15) is 18.0 Å². The molecule has 1 unspecified atom stereocenters. The van der Waals surface area contributed by atoms with E-state index in [2.05, 4.69) is 9.72 Å². The van der Waals surface area contributed by atoms with Crippen LogP contribution in [0.3, 0.4) is 0 Å². The Morgan fingerprint density at radius 3 is 2.82 bits per heavy atom. The van der Waals surface area contributed by atoms with E-state index < -0.39 is 30.4 Å². The molecule has 5 rings (SSSR count). The average molecular weight is 409 g/mol. The highest BCUT2D eigenvalue weighted by Crippen LogP contribution is 2.49. The molecule has 2 bridgehead atoms. The Morgan fingerprint density at radius 2 is 2.07 bits per heavy atom. The zero-order valence-corrected chi connectivity index (χ0v) is 14.8. The maximum Gasteiger partial charge on any atom is 0.387 e. The number of hydrogen-bond donors (Lipinski definition) is 1. The topological polar surface area (TPSA) is 73.4 Å². The summed E-state index contributed by atoms with van der Waals surface area (Å²) in [5.74, 6) is 5.24. The maximum absolute atomic E-state index is 13.9. The zero-order valence-electron chi connectivity index (χ0n) is 14.1. The van der Waals surface area contributed by atoms with Crippen LogP contribution in [-0.4, -0.2) is 27.1 Å². The van der Waals surface area contributed by atoms with Gasteiger partial charge in [-0.3, -0.25) is 9.80 Å². The number of nitrogens with zero attached hydrogens (tertiary/aromatic N) is 3. The van der Waals surface area contributed by atoms with E-state index in [0.717, 1.165) is 5.01 Å². The fraction of sp³-hybridized carbons (Fsp3) is 0.222. The van der Waals surface area contributed by atoms with Gasteiger partial charge in [0.25, 0.3) is 5.91 Å². The van der Waals surface area contributed by atoms with Gasteiger partial charge in [0.2, 0.25) is 0 Å². The van der Waals surface area contributed by atoms with Crippen molar-refractivity contribution >= 4 is 28.5 Å². The highest BCUT2D eigenvalue weighted by molar-refractivity contribution is 6.31. The van der Waals surface area contributed by atoms with Gasteiger partial charge in [-0.05, 0) is 18.2 Å². The fourth-order valence-electron chi connectivity index (χ4n) is 4.13. The smallest absolute Gasteiger partial charge is 0.387 e. The van der Waals surface area contributed by atoms with Crippen molar-refractivity contribution in [1.82, 2.24) is 14.6 Å². The number of alkyl halides is 2. The second-order valence-electron chi connectivity index (χ2n) is 6.67. The fourth-order valence-corrected chi connectivity index (χ4v) is 4.29. The van der Waals surface area contributed by atoms with Gasteiger partial charge in [-0.2, -0.15) is 8.78 Å². The number of hydrazine groups is 1. The Balaban J connectivity index is 1.82. The van der Waals surface area contributed by atoms with Crippen LogP contribution in [0.2, 0.25) is 5.02 Å². The summed E-state index contributed by atoms with van der Waals surface area (Å²) in [5.41, 5.74) is 1.33. The van der Waals surface area contributed by atoms with Crippen LogP contribution in [-0.2, 0) is 0 Å². The number of fused-ring (bicyclic) bond motifs is 9. The number of carbonyl (C=O) groups excluding carboxylic acids is 1. The molecule has 2 N–H and O–H groups in total. The van der Waals surface area contributed by atoms with E-state index >= 15 is 0 Å². The number of aromatic nitrogens is 2. The first-order valence-corrected chi connectivity index (χ1v) is 8.77. The van der Waals surface area contributed by atoms with Crippen molar-refractivity contribution in [2.45, 2.75) is 25.1 Å². The van der Waals surface area contributed by atoms with Crippen molar-refractivity contribution in [2.75, 3.05) is 0 Å². The summed E-state index contributed by atoms with van der Waals surface area (Å²) in [7, 11) is 0. The van der Waals surface area contributed by atoms with E-state index in [0.29, 0.717) is 28.8 Å². The van der Waals surface area contributed by atoms with Crippen molar-refractivity contribution in [3.8, 4) is 5.75 Å². The first-order valence-electron chi connectivity index (χ1n) is 8.39. The lowest BCUT2D eigenvalue weighted by molar-refractivity contribution is -0.0507. The van der Waals surface area contributed by atoms with Crippen molar-refractivity contribution < 1.29 is 22.7 Å². The Bertz CT molecular complexity index is 1150. The van der Waals surface area contributed by atoms with E-state index in [-0.39, 0.29) is 16.3 Å². The number of carbonyl (C=O) groups is 1. The molecule has 2 atom stereocenters. The molecule has 144 valence electrons. The van der Waals surface area contributed by atoms with E-state index in [1.807, 2.05) is 0 Å². The van der Waals surface area contributed by atoms with Crippen LogP contribution in [0.15, 0.2) is 30.3 Å². The quantitative estimate of drug-likeness (QED) is 0.517. The summed E-state index contributed by atoms with van der Waals surface area (Å²) < 4.78 is 46.3. The molecule has 0 saturated carbocycles. The van der Waals surface area contributed by atoms with Gasteiger partial charge in [0.1, 0.15) is 23.4 Å². The highest BCUT2D eigenvalue weighted by atomic mass is 35.5. The minimum Gasteiger partial charge on any atom is -0.434 e. The van der Waals surface area contributed by atoms with Crippen molar-refractivity contribution in [3.63, 3.8) is 0 Å². The van der Waals surface area contributed by atoms with Gasteiger partial charge >= 0.3 is 6.61 Å². The summed E-state index contributed by atoms with van der Waals surface area (Å²) in [6, 6.07) is 5.83. The number of nitrogens with two attached hydrogens (primary N) is 1. The summed E-state index contributed by atoms with van der Waals surface area (Å²) in [4.78, 5) is 17.3. The van der Waals surface area contributed by atoms with Gasteiger partial charge in [-0.1, -0.05) is 17.7 Å². The Morgan fingerprint density at radius 1 is 1.29 bits per heavy atom. The van der Waals surface area contributed by atoms with Crippen molar-refractivity contribution in [2.24, 2.45) is 5.84 Å². The predicted molar refractivity (Wildman–Crippen MR) is 93.6 cm³/mol. The van der Waals surface area contributed by atoms with Crippen LogP contribution in [0, 0.1) is 5.82 Å². The normalized spacial score (nSPS) is 20.5. The number of ether oxygens (including phenoxy) is 1. The molecule has 3 aromatic rings. The average Bonchev–Trinajstić information content (AvgIpc) is 3.14. The molecule has 0 radical (unpaired) electrons. The molecular weight excluding hydrogens is 397 g/mol. The van der Waals surface area contributed by atoms with Crippen LogP contribution in [0.25, 0.3) is 11.0 Å². The van der Waals surface area contributed by atoms with Crippen LogP contribution in [0.5, 0.6) is 5.75 Å². The number of rotatable bonds is 2. The molecule has 0 spiro atoms. The molecule has 1 aromatic heterocycles. The highest BCUT2D eigenvalue weighted by Gasteiger charge is 2.45. The zero-order chi connectivity index (χ0) is 19.7. The van der Waals surface area contributed by atoms with Gasteiger partial charge in [0.15, 0.2) is 0 Å². The van der Waals surface area contributed by atoms with Gasteiger partial charge in [-0.25, -0.2) is 15.2 Å². The van der Waals surface area contributed by atoms with Gasteiger partial charge in [0.05, 0.1) is 22.1 Å². The van der Waals surface area contributed by atoms with E-state index in [1.54, 1.807) is 4.57 Å².